The molecule has 0 fully saturated rings. The first-order chi connectivity index (χ1) is 6.52. The van der Waals surface area contributed by atoms with Crippen LogP contribution in [0.4, 0.5) is 0 Å². The van der Waals surface area contributed by atoms with Crippen molar-refractivity contribution in [1.82, 2.24) is 0 Å². The Morgan fingerprint density at radius 2 is 0.929 bits per heavy atom. The predicted octanol–water partition coefficient (Wildman–Crippen LogP) is 4.36. The zero-order valence-electron chi connectivity index (χ0n) is 10.6. The van der Waals surface area contributed by atoms with Crippen molar-refractivity contribution in [2.45, 2.75) is 12.8 Å². The van der Waals surface area contributed by atoms with Crippen molar-refractivity contribution in [3.05, 3.63) is 0 Å². The van der Waals surface area contributed by atoms with E-state index in [1.807, 2.05) is 0 Å². The minimum atomic E-state index is 0.359. The Hall–Kier alpha value is 1.29. The molecule has 0 aromatic rings. The number of hydrogen-bond donors (Lipinski definition) is 0. The van der Waals surface area contributed by atoms with Crippen LogP contribution in [0.1, 0.15) is 12.8 Å². The normalized spacial score (nSPS) is 12.0. The van der Waals surface area contributed by atoms with E-state index in [-0.39, 0.29) is 0 Å². The van der Waals surface area contributed by atoms with E-state index in [0.717, 1.165) is 0 Å². The molecule has 86 valence electrons. The van der Waals surface area contributed by atoms with Gasteiger partial charge in [-0.2, -0.15) is 0 Å². The fourth-order valence-corrected chi connectivity index (χ4v) is 5.13. The van der Waals surface area contributed by atoms with Crippen molar-refractivity contribution < 1.29 is 0 Å². The van der Waals surface area contributed by atoms with E-state index in [9.17, 15) is 0 Å². The first kappa shape index (κ1) is 15.3. The summed E-state index contributed by atoms with van der Waals surface area (Å²) in [5, 5.41) is 0. The summed E-state index contributed by atoms with van der Waals surface area (Å²) >= 11 is 0. The maximum absolute atomic E-state index is 2.50. The van der Waals surface area contributed by atoms with Crippen LogP contribution in [0, 0.1) is 0 Å². The molecule has 0 unspecified atom stereocenters. The van der Waals surface area contributed by atoms with Crippen molar-refractivity contribution in [2.75, 3.05) is 58.0 Å². The molecule has 0 aliphatic carbocycles. The fourth-order valence-electron chi connectivity index (χ4n) is 1.43. The minimum absolute atomic E-state index is 0.359. The molecule has 0 aliphatic rings. The Morgan fingerprint density at radius 3 is 1.21 bits per heavy atom. The highest BCUT2D eigenvalue weighted by Gasteiger charge is 2.02. The molecule has 14 heavy (non-hydrogen) atoms. The summed E-state index contributed by atoms with van der Waals surface area (Å²) in [6.45, 7) is 12.1. The van der Waals surface area contributed by atoms with Gasteiger partial charge in [0.15, 0.2) is 0 Å². The standard InChI is InChI=1S/C11H27P3/c1-12(2)8-6-10-14(5)11-7-9-13(3)4/h6-11H2,1-5H3. The summed E-state index contributed by atoms with van der Waals surface area (Å²) in [5.74, 6) is 0. The van der Waals surface area contributed by atoms with Gasteiger partial charge in [-0.15, -0.1) is 23.8 Å². The van der Waals surface area contributed by atoms with Gasteiger partial charge < -0.3 is 0 Å². The molecule has 0 heterocycles. The monoisotopic (exact) mass is 252 g/mol. The van der Waals surface area contributed by atoms with E-state index in [1.54, 1.807) is 0 Å². The zero-order valence-corrected chi connectivity index (χ0v) is 13.3. The molecule has 0 radical (unpaired) electrons. The SMILES string of the molecule is CP(C)CCCP(C)CCCP(C)C. The van der Waals surface area contributed by atoms with Crippen molar-refractivity contribution in [1.29, 1.82) is 0 Å². The van der Waals surface area contributed by atoms with Crippen molar-refractivity contribution in [3.8, 4) is 0 Å². The molecule has 0 aromatic heterocycles. The zero-order chi connectivity index (χ0) is 11.0. The summed E-state index contributed by atoms with van der Waals surface area (Å²) in [6.07, 6.45) is 9.04. The molecular weight excluding hydrogens is 225 g/mol. The van der Waals surface area contributed by atoms with E-state index in [0.29, 0.717) is 23.8 Å². The van der Waals surface area contributed by atoms with Crippen molar-refractivity contribution >= 4 is 23.8 Å². The molecule has 3 heteroatoms. The summed E-state index contributed by atoms with van der Waals surface area (Å²) in [5.41, 5.74) is 0. The van der Waals surface area contributed by atoms with Gasteiger partial charge in [0.1, 0.15) is 0 Å². The quantitative estimate of drug-likeness (QED) is 0.563. The molecule has 0 aliphatic heterocycles. The molecule has 0 rings (SSSR count). The van der Waals surface area contributed by atoms with E-state index in [4.69, 9.17) is 0 Å². The molecule has 0 saturated heterocycles. The van der Waals surface area contributed by atoms with Gasteiger partial charge in [-0.3, -0.25) is 0 Å². The molecule has 0 atom stereocenters. The van der Waals surface area contributed by atoms with Crippen LogP contribution in [0.2, 0.25) is 0 Å². The van der Waals surface area contributed by atoms with E-state index < -0.39 is 0 Å². The van der Waals surface area contributed by atoms with E-state index >= 15 is 0 Å². The molecule has 0 bridgehead atoms. The maximum atomic E-state index is 2.50. The average molecular weight is 252 g/mol. The molecule has 0 N–H and O–H groups in total. The average Bonchev–Trinajstić information content (AvgIpc) is 2.02. The summed E-state index contributed by atoms with van der Waals surface area (Å²) in [6, 6.07) is 0. The highest BCUT2D eigenvalue weighted by Crippen LogP contribution is 2.36. The third-order valence-corrected chi connectivity index (χ3v) is 6.87. The largest absolute Gasteiger partial charge is 0.113 e. The third-order valence-electron chi connectivity index (χ3n) is 2.29. The Morgan fingerprint density at radius 1 is 0.571 bits per heavy atom. The van der Waals surface area contributed by atoms with Crippen molar-refractivity contribution in [2.24, 2.45) is 0 Å². The van der Waals surface area contributed by atoms with Crippen LogP contribution in [-0.4, -0.2) is 58.0 Å². The minimum Gasteiger partial charge on any atom is -0.113 e. The molecule has 0 nitrogen and oxygen atoms in total. The van der Waals surface area contributed by atoms with Gasteiger partial charge in [-0.25, -0.2) is 0 Å². The summed E-state index contributed by atoms with van der Waals surface area (Å²) in [7, 11) is 1.10. The summed E-state index contributed by atoms with van der Waals surface area (Å²) < 4.78 is 0. The van der Waals surface area contributed by atoms with Crippen LogP contribution < -0.4 is 0 Å². The second kappa shape index (κ2) is 9.51. The van der Waals surface area contributed by atoms with Gasteiger partial charge in [0.25, 0.3) is 0 Å². The molecule has 0 amide bonds. The van der Waals surface area contributed by atoms with Gasteiger partial charge in [0, 0.05) is 0 Å². The second-order valence-electron chi connectivity index (χ2n) is 4.62. The van der Waals surface area contributed by atoms with E-state index in [2.05, 4.69) is 33.3 Å². The number of rotatable bonds is 8. The molecular formula is C11H27P3. The lowest BCUT2D eigenvalue weighted by molar-refractivity contribution is 1.06. The van der Waals surface area contributed by atoms with Crippen LogP contribution in [0.3, 0.4) is 0 Å². The lowest BCUT2D eigenvalue weighted by atomic mass is 10.6. The van der Waals surface area contributed by atoms with Gasteiger partial charge in [0.2, 0.25) is 0 Å². The first-order valence-electron chi connectivity index (χ1n) is 5.50. The molecule has 0 saturated carbocycles. The van der Waals surface area contributed by atoms with Gasteiger partial charge in [-0.05, 0) is 70.8 Å². The fraction of sp³-hybridized carbons (Fsp3) is 1.00. The molecule has 0 spiro atoms. The molecule has 0 aromatic carbocycles. The van der Waals surface area contributed by atoms with E-state index in [1.165, 1.54) is 37.5 Å². The van der Waals surface area contributed by atoms with Gasteiger partial charge >= 0.3 is 0 Å². The summed E-state index contributed by atoms with van der Waals surface area (Å²) in [4.78, 5) is 0. The topological polar surface area (TPSA) is 0 Å². The van der Waals surface area contributed by atoms with Gasteiger partial charge in [0.05, 0.1) is 0 Å². The number of hydrogen-bond acceptors (Lipinski definition) is 0. The first-order valence-corrected chi connectivity index (χ1v) is 12.5. The Balaban J connectivity index is 3.23. The Labute approximate surface area is 94.9 Å². The highest BCUT2D eigenvalue weighted by atomic mass is 31.1. The van der Waals surface area contributed by atoms with Crippen LogP contribution in [0.5, 0.6) is 0 Å². The predicted molar refractivity (Wildman–Crippen MR) is 79.1 cm³/mol. The lowest BCUT2D eigenvalue weighted by Gasteiger charge is -2.13. The second-order valence-corrected chi connectivity index (χ2v) is 12.4. The Kier molecular flexibility index (Phi) is 10.4. The van der Waals surface area contributed by atoms with Crippen LogP contribution in [0.25, 0.3) is 0 Å². The van der Waals surface area contributed by atoms with Gasteiger partial charge in [-0.1, -0.05) is 0 Å². The van der Waals surface area contributed by atoms with Crippen LogP contribution in [0.15, 0.2) is 0 Å². The van der Waals surface area contributed by atoms with Crippen molar-refractivity contribution in [3.63, 3.8) is 0 Å². The van der Waals surface area contributed by atoms with Crippen LogP contribution >= 0.6 is 23.8 Å². The van der Waals surface area contributed by atoms with Crippen LogP contribution in [-0.2, 0) is 0 Å². The lowest BCUT2D eigenvalue weighted by Crippen LogP contribution is -1.94. The Bertz CT molecular complexity index is 110. The third kappa shape index (κ3) is 11.4. The highest BCUT2D eigenvalue weighted by molar-refractivity contribution is 7.58. The maximum Gasteiger partial charge on any atom is -0.0325 e. The smallest absolute Gasteiger partial charge is 0.0325 e.